The van der Waals surface area contributed by atoms with E-state index in [1.54, 1.807) is 21.3 Å². The van der Waals surface area contributed by atoms with Crippen LogP contribution in [-0.4, -0.2) is 39.4 Å². The molecule has 5 nitrogen and oxygen atoms in total. The number of ether oxygens (including phenoxy) is 3. The zero-order valence-electron chi connectivity index (χ0n) is 16.1. The molecule has 0 atom stereocenters. The second kappa shape index (κ2) is 8.72. The standard InChI is InChI=1S/C21H27NO4/c1-21(2,26-5)10-11-22-20(23)16-8-6-15(7-9-16)17-12-18(24-3)14-19(13-17)25-4/h6-9,12-14H,10-11H2,1-5H3,(H,22,23). The molecule has 0 spiro atoms. The van der Waals surface area contributed by atoms with Crippen LogP contribution in [-0.2, 0) is 4.74 Å². The number of benzene rings is 2. The van der Waals surface area contributed by atoms with Gasteiger partial charge in [0.1, 0.15) is 11.5 Å². The van der Waals surface area contributed by atoms with E-state index in [0.717, 1.165) is 29.0 Å². The summed E-state index contributed by atoms with van der Waals surface area (Å²) >= 11 is 0. The molecule has 5 heteroatoms. The van der Waals surface area contributed by atoms with Gasteiger partial charge in [-0.1, -0.05) is 12.1 Å². The van der Waals surface area contributed by atoms with Crippen molar-refractivity contribution in [1.29, 1.82) is 0 Å². The van der Waals surface area contributed by atoms with Gasteiger partial charge in [0.2, 0.25) is 0 Å². The monoisotopic (exact) mass is 357 g/mol. The van der Waals surface area contributed by atoms with Crippen molar-refractivity contribution in [1.82, 2.24) is 5.32 Å². The lowest BCUT2D eigenvalue weighted by Gasteiger charge is -2.22. The third-order valence-corrected chi connectivity index (χ3v) is 4.40. The van der Waals surface area contributed by atoms with E-state index in [-0.39, 0.29) is 11.5 Å². The molecule has 2 aromatic rings. The van der Waals surface area contributed by atoms with Crippen LogP contribution in [0.1, 0.15) is 30.6 Å². The molecule has 0 fully saturated rings. The van der Waals surface area contributed by atoms with E-state index < -0.39 is 0 Å². The Kier molecular flexibility index (Phi) is 6.64. The Morgan fingerprint density at radius 1 is 0.923 bits per heavy atom. The van der Waals surface area contributed by atoms with Gasteiger partial charge in [-0.2, -0.15) is 0 Å². The van der Waals surface area contributed by atoms with E-state index >= 15 is 0 Å². The molecule has 2 aromatic carbocycles. The normalized spacial score (nSPS) is 11.1. The van der Waals surface area contributed by atoms with E-state index in [1.807, 2.05) is 56.3 Å². The summed E-state index contributed by atoms with van der Waals surface area (Å²) in [6.07, 6.45) is 0.747. The van der Waals surface area contributed by atoms with Crippen LogP contribution in [0.3, 0.4) is 0 Å². The first-order chi connectivity index (χ1) is 12.4. The van der Waals surface area contributed by atoms with E-state index in [4.69, 9.17) is 14.2 Å². The lowest BCUT2D eigenvalue weighted by Crippen LogP contribution is -2.32. The van der Waals surface area contributed by atoms with Crippen LogP contribution in [0.15, 0.2) is 42.5 Å². The number of nitrogens with one attached hydrogen (secondary N) is 1. The first kappa shape index (κ1) is 19.8. The molecule has 2 rings (SSSR count). The topological polar surface area (TPSA) is 56.8 Å². The van der Waals surface area contributed by atoms with Gasteiger partial charge in [-0.15, -0.1) is 0 Å². The van der Waals surface area contributed by atoms with E-state index in [0.29, 0.717) is 12.1 Å². The molecule has 26 heavy (non-hydrogen) atoms. The summed E-state index contributed by atoms with van der Waals surface area (Å²) < 4.78 is 16.0. The van der Waals surface area contributed by atoms with Crippen molar-refractivity contribution in [2.24, 2.45) is 0 Å². The Bertz CT molecular complexity index is 716. The van der Waals surface area contributed by atoms with Gasteiger partial charge >= 0.3 is 0 Å². The molecule has 140 valence electrons. The molecule has 0 aliphatic rings. The zero-order valence-corrected chi connectivity index (χ0v) is 16.1. The Morgan fingerprint density at radius 2 is 1.50 bits per heavy atom. The van der Waals surface area contributed by atoms with Crippen LogP contribution in [0.4, 0.5) is 0 Å². The van der Waals surface area contributed by atoms with E-state index in [2.05, 4.69) is 5.32 Å². The first-order valence-electron chi connectivity index (χ1n) is 8.55. The summed E-state index contributed by atoms with van der Waals surface area (Å²) in [7, 11) is 4.92. The molecular formula is C21H27NO4. The van der Waals surface area contributed by atoms with Gasteiger partial charge in [0.05, 0.1) is 19.8 Å². The van der Waals surface area contributed by atoms with Crippen LogP contribution in [0.5, 0.6) is 11.5 Å². The van der Waals surface area contributed by atoms with Crippen LogP contribution in [0.25, 0.3) is 11.1 Å². The van der Waals surface area contributed by atoms with Crippen molar-refractivity contribution < 1.29 is 19.0 Å². The van der Waals surface area contributed by atoms with Crippen LogP contribution in [0.2, 0.25) is 0 Å². The lowest BCUT2D eigenvalue weighted by molar-refractivity contribution is 0.0160. The van der Waals surface area contributed by atoms with Crippen LogP contribution in [0, 0.1) is 0 Å². The summed E-state index contributed by atoms with van der Waals surface area (Å²) in [5.41, 5.74) is 2.33. The van der Waals surface area contributed by atoms with Gasteiger partial charge in [-0.25, -0.2) is 0 Å². The first-order valence-corrected chi connectivity index (χ1v) is 8.55. The van der Waals surface area contributed by atoms with Gasteiger partial charge in [0.25, 0.3) is 5.91 Å². The van der Waals surface area contributed by atoms with E-state index in [1.165, 1.54) is 0 Å². The number of methoxy groups -OCH3 is 3. The maximum atomic E-state index is 12.3. The molecule has 0 unspecified atom stereocenters. The summed E-state index contributed by atoms with van der Waals surface area (Å²) in [6, 6.07) is 13.2. The third kappa shape index (κ3) is 5.23. The Labute approximate surface area is 155 Å². The van der Waals surface area contributed by atoms with Gasteiger partial charge < -0.3 is 19.5 Å². The predicted molar refractivity (Wildman–Crippen MR) is 103 cm³/mol. The maximum Gasteiger partial charge on any atom is 0.251 e. The highest BCUT2D eigenvalue weighted by atomic mass is 16.5. The molecule has 0 saturated carbocycles. The highest BCUT2D eigenvalue weighted by molar-refractivity contribution is 5.94. The van der Waals surface area contributed by atoms with Crippen molar-refractivity contribution >= 4 is 5.91 Å². The average molecular weight is 357 g/mol. The minimum Gasteiger partial charge on any atom is -0.497 e. The molecule has 0 aromatic heterocycles. The summed E-state index contributed by atoms with van der Waals surface area (Å²) in [6.45, 7) is 4.56. The van der Waals surface area contributed by atoms with Crippen molar-refractivity contribution in [2.45, 2.75) is 25.9 Å². The van der Waals surface area contributed by atoms with Crippen molar-refractivity contribution in [3.05, 3.63) is 48.0 Å². The smallest absolute Gasteiger partial charge is 0.251 e. The average Bonchev–Trinajstić information content (AvgIpc) is 2.67. The van der Waals surface area contributed by atoms with Gasteiger partial charge in [0.15, 0.2) is 0 Å². The Balaban J connectivity index is 2.07. The van der Waals surface area contributed by atoms with Crippen molar-refractivity contribution in [3.63, 3.8) is 0 Å². The molecule has 1 N–H and O–H groups in total. The molecule has 0 aliphatic heterocycles. The quantitative estimate of drug-likeness (QED) is 0.778. The molecule has 1 amide bonds. The highest BCUT2D eigenvalue weighted by Gasteiger charge is 2.16. The molecule has 0 radical (unpaired) electrons. The number of carbonyl (C=O) groups is 1. The molecule has 0 bridgehead atoms. The third-order valence-electron chi connectivity index (χ3n) is 4.40. The maximum absolute atomic E-state index is 12.3. The fourth-order valence-electron chi connectivity index (χ4n) is 2.47. The predicted octanol–water partition coefficient (Wildman–Crippen LogP) is 3.92. The van der Waals surface area contributed by atoms with Crippen molar-refractivity contribution in [2.75, 3.05) is 27.9 Å². The lowest BCUT2D eigenvalue weighted by atomic mass is 10.0. The second-order valence-corrected chi connectivity index (χ2v) is 6.65. The SMILES string of the molecule is COc1cc(OC)cc(-c2ccc(C(=O)NCCC(C)(C)OC)cc2)c1. The minimum atomic E-state index is -0.247. The van der Waals surface area contributed by atoms with Crippen LogP contribution < -0.4 is 14.8 Å². The van der Waals surface area contributed by atoms with Crippen molar-refractivity contribution in [3.8, 4) is 22.6 Å². The summed E-state index contributed by atoms with van der Waals surface area (Å²) in [5, 5.41) is 2.93. The molecule has 0 saturated heterocycles. The molecular weight excluding hydrogens is 330 g/mol. The number of rotatable bonds is 8. The summed E-state index contributed by atoms with van der Waals surface area (Å²) in [4.78, 5) is 12.3. The fourth-order valence-corrected chi connectivity index (χ4v) is 2.47. The zero-order chi connectivity index (χ0) is 19.2. The summed E-state index contributed by atoms with van der Waals surface area (Å²) in [5.74, 6) is 1.36. The highest BCUT2D eigenvalue weighted by Crippen LogP contribution is 2.29. The minimum absolute atomic E-state index is 0.0910. The number of hydrogen-bond donors (Lipinski definition) is 1. The van der Waals surface area contributed by atoms with Crippen LogP contribution >= 0.6 is 0 Å². The largest absolute Gasteiger partial charge is 0.497 e. The van der Waals surface area contributed by atoms with E-state index in [9.17, 15) is 4.79 Å². The van der Waals surface area contributed by atoms with Gasteiger partial charge in [-0.3, -0.25) is 4.79 Å². The van der Waals surface area contributed by atoms with Gasteiger partial charge in [0, 0.05) is 25.3 Å². The van der Waals surface area contributed by atoms with Gasteiger partial charge in [-0.05, 0) is 55.7 Å². The molecule has 0 heterocycles. The number of hydrogen-bond acceptors (Lipinski definition) is 4. The Hall–Kier alpha value is -2.53. The second-order valence-electron chi connectivity index (χ2n) is 6.65. The number of carbonyl (C=O) groups excluding carboxylic acids is 1. The fraction of sp³-hybridized carbons (Fsp3) is 0.381. The number of amides is 1. The molecule has 0 aliphatic carbocycles. The Morgan fingerprint density at radius 3 is 2.00 bits per heavy atom.